The molecular formula is C15H18N2O2S. The van der Waals surface area contributed by atoms with Crippen molar-refractivity contribution in [2.24, 2.45) is 0 Å². The normalized spacial score (nSPS) is 11.4. The van der Waals surface area contributed by atoms with Crippen LogP contribution < -0.4 is 5.32 Å². The number of aromatic nitrogens is 1. The highest BCUT2D eigenvalue weighted by Crippen LogP contribution is 2.21. The average Bonchev–Trinajstić information content (AvgIpc) is 2.91. The highest BCUT2D eigenvalue weighted by molar-refractivity contribution is 7.08. The summed E-state index contributed by atoms with van der Waals surface area (Å²) in [7, 11) is 0. The van der Waals surface area contributed by atoms with Crippen LogP contribution in [0.3, 0.4) is 0 Å². The van der Waals surface area contributed by atoms with Crippen LogP contribution in [0.4, 0.5) is 0 Å². The fraction of sp³-hybridized carbons (Fsp3) is 0.333. The molecule has 0 bridgehead atoms. The summed E-state index contributed by atoms with van der Waals surface area (Å²) in [6, 6.07) is 5.62. The molecule has 1 amide bonds. The zero-order valence-electron chi connectivity index (χ0n) is 11.8. The topological polar surface area (TPSA) is 62.2 Å². The molecule has 0 radical (unpaired) electrons. The third kappa shape index (κ3) is 3.23. The Hall–Kier alpha value is -1.72. The Morgan fingerprint density at radius 2 is 2.15 bits per heavy atom. The molecule has 0 saturated heterocycles. The summed E-state index contributed by atoms with van der Waals surface area (Å²) in [5.74, 6) is -0.217. The summed E-state index contributed by atoms with van der Waals surface area (Å²) in [5, 5.41) is 16.0. The number of thiophene rings is 1. The van der Waals surface area contributed by atoms with Gasteiger partial charge in [-0.3, -0.25) is 9.78 Å². The number of carbonyl (C=O) groups excluding carboxylic acids is 1. The van der Waals surface area contributed by atoms with Crippen molar-refractivity contribution in [3.63, 3.8) is 0 Å². The Balaban J connectivity index is 2.24. The molecule has 106 valence electrons. The second kappa shape index (κ2) is 5.73. The second-order valence-electron chi connectivity index (χ2n) is 5.34. The lowest BCUT2D eigenvalue weighted by Gasteiger charge is -2.23. The first-order valence-electron chi connectivity index (χ1n) is 6.36. The standard InChI is InChI=1S/C15H18N2O2S/c1-10-12(14(19)17-15(2,3)9-18)4-5-13(16-10)11-6-7-20-8-11/h4-8,18H,9H2,1-3H3,(H,17,19). The summed E-state index contributed by atoms with van der Waals surface area (Å²) < 4.78 is 0. The SMILES string of the molecule is Cc1nc(-c2ccsc2)ccc1C(=O)NC(C)(C)CO. The van der Waals surface area contributed by atoms with Crippen LogP contribution in [0.15, 0.2) is 29.0 Å². The monoisotopic (exact) mass is 290 g/mol. The summed E-state index contributed by atoms with van der Waals surface area (Å²) in [6.07, 6.45) is 0. The van der Waals surface area contributed by atoms with Crippen molar-refractivity contribution in [2.75, 3.05) is 6.61 Å². The number of rotatable bonds is 4. The first-order valence-corrected chi connectivity index (χ1v) is 7.31. The van der Waals surface area contributed by atoms with Crippen LogP contribution >= 0.6 is 11.3 Å². The lowest BCUT2D eigenvalue weighted by atomic mass is 10.1. The van der Waals surface area contributed by atoms with Crippen molar-refractivity contribution in [2.45, 2.75) is 26.3 Å². The Kier molecular flexibility index (Phi) is 4.20. The van der Waals surface area contributed by atoms with Gasteiger partial charge in [0.1, 0.15) is 0 Å². The summed E-state index contributed by atoms with van der Waals surface area (Å²) >= 11 is 1.61. The predicted molar refractivity (Wildman–Crippen MR) is 80.9 cm³/mol. The minimum Gasteiger partial charge on any atom is -0.394 e. The van der Waals surface area contributed by atoms with E-state index < -0.39 is 5.54 Å². The van der Waals surface area contributed by atoms with Gasteiger partial charge in [-0.2, -0.15) is 11.3 Å². The number of amides is 1. The fourth-order valence-electron chi connectivity index (χ4n) is 1.79. The molecule has 2 aromatic heterocycles. The molecule has 0 aliphatic heterocycles. The molecule has 0 aromatic carbocycles. The zero-order valence-corrected chi connectivity index (χ0v) is 12.6. The maximum atomic E-state index is 12.2. The molecule has 2 heterocycles. The van der Waals surface area contributed by atoms with Crippen LogP contribution in [0.25, 0.3) is 11.3 Å². The van der Waals surface area contributed by atoms with Gasteiger partial charge < -0.3 is 10.4 Å². The van der Waals surface area contributed by atoms with Gasteiger partial charge in [-0.25, -0.2) is 0 Å². The predicted octanol–water partition coefficient (Wildman–Crippen LogP) is 2.62. The average molecular weight is 290 g/mol. The first-order chi connectivity index (χ1) is 9.43. The van der Waals surface area contributed by atoms with Crippen LogP contribution in [0.5, 0.6) is 0 Å². The fourth-order valence-corrected chi connectivity index (χ4v) is 2.44. The number of hydrogen-bond acceptors (Lipinski definition) is 4. The summed E-state index contributed by atoms with van der Waals surface area (Å²) in [6.45, 7) is 5.25. The van der Waals surface area contributed by atoms with E-state index in [0.717, 1.165) is 11.3 Å². The molecule has 2 rings (SSSR count). The molecular weight excluding hydrogens is 272 g/mol. The van der Waals surface area contributed by atoms with Gasteiger partial charge in [0, 0.05) is 10.9 Å². The second-order valence-corrected chi connectivity index (χ2v) is 6.12. The highest BCUT2D eigenvalue weighted by atomic mass is 32.1. The van der Waals surface area contributed by atoms with Crippen LogP contribution in [-0.2, 0) is 0 Å². The molecule has 0 spiro atoms. The van der Waals surface area contributed by atoms with E-state index in [1.165, 1.54) is 0 Å². The van der Waals surface area contributed by atoms with E-state index in [4.69, 9.17) is 0 Å². The van der Waals surface area contributed by atoms with E-state index in [0.29, 0.717) is 11.3 Å². The minimum absolute atomic E-state index is 0.113. The van der Waals surface area contributed by atoms with E-state index in [-0.39, 0.29) is 12.5 Å². The van der Waals surface area contributed by atoms with Crippen molar-refractivity contribution in [1.82, 2.24) is 10.3 Å². The molecule has 5 heteroatoms. The van der Waals surface area contributed by atoms with E-state index in [9.17, 15) is 9.90 Å². The molecule has 0 atom stereocenters. The van der Waals surface area contributed by atoms with Crippen LogP contribution in [0.1, 0.15) is 29.9 Å². The van der Waals surface area contributed by atoms with Crippen LogP contribution in [0, 0.1) is 6.92 Å². The molecule has 0 aliphatic rings. The van der Waals surface area contributed by atoms with E-state index in [1.807, 2.05) is 29.8 Å². The van der Waals surface area contributed by atoms with Gasteiger partial charge in [0.25, 0.3) is 5.91 Å². The van der Waals surface area contributed by atoms with Gasteiger partial charge >= 0.3 is 0 Å². The Morgan fingerprint density at radius 1 is 1.40 bits per heavy atom. The Labute approximate surface area is 122 Å². The highest BCUT2D eigenvalue weighted by Gasteiger charge is 2.21. The molecule has 0 saturated carbocycles. The third-order valence-corrected chi connectivity index (χ3v) is 3.68. The minimum atomic E-state index is -0.643. The molecule has 2 aromatic rings. The maximum absolute atomic E-state index is 12.2. The number of nitrogens with one attached hydrogen (secondary N) is 1. The Morgan fingerprint density at radius 3 is 2.70 bits per heavy atom. The molecule has 2 N–H and O–H groups in total. The van der Waals surface area contributed by atoms with Crippen LogP contribution in [-0.4, -0.2) is 28.1 Å². The Bertz CT molecular complexity index is 606. The first kappa shape index (κ1) is 14.7. The molecule has 4 nitrogen and oxygen atoms in total. The van der Waals surface area contributed by atoms with E-state index in [1.54, 1.807) is 31.3 Å². The van der Waals surface area contributed by atoms with Gasteiger partial charge in [0.15, 0.2) is 0 Å². The van der Waals surface area contributed by atoms with Crippen molar-refractivity contribution in [3.05, 3.63) is 40.2 Å². The quantitative estimate of drug-likeness (QED) is 0.910. The van der Waals surface area contributed by atoms with Gasteiger partial charge in [-0.15, -0.1) is 0 Å². The third-order valence-electron chi connectivity index (χ3n) is 2.99. The van der Waals surface area contributed by atoms with Gasteiger partial charge in [-0.1, -0.05) is 0 Å². The summed E-state index contributed by atoms with van der Waals surface area (Å²) in [5.41, 5.74) is 2.49. The number of carbonyl (C=O) groups is 1. The number of hydrogen-bond donors (Lipinski definition) is 2. The largest absolute Gasteiger partial charge is 0.394 e. The number of nitrogens with zero attached hydrogens (tertiary/aromatic N) is 1. The van der Waals surface area contributed by atoms with E-state index >= 15 is 0 Å². The van der Waals surface area contributed by atoms with Crippen molar-refractivity contribution < 1.29 is 9.90 Å². The number of pyridine rings is 1. The van der Waals surface area contributed by atoms with Gasteiger partial charge in [-0.05, 0) is 44.4 Å². The molecule has 0 unspecified atom stereocenters. The van der Waals surface area contributed by atoms with Gasteiger partial charge in [0.2, 0.25) is 0 Å². The molecule has 0 aliphatic carbocycles. The summed E-state index contributed by atoms with van der Waals surface area (Å²) in [4.78, 5) is 16.7. The van der Waals surface area contributed by atoms with Crippen molar-refractivity contribution in [1.29, 1.82) is 0 Å². The lowest BCUT2D eigenvalue weighted by molar-refractivity contribution is 0.0868. The maximum Gasteiger partial charge on any atom is 0.253 e. The molecule has 0 fully saturated rings. The lowest BCUT2D eigenvalue weighted by Crippen LogP contribution is -2.46. The van der Waals surface area contributed by atoms with Crippen molar-refractivity contribution in [3.8, 4) is 11.3 Å². The molecule has 20 heavy (non-hydrogen) atoms. The smallest absolute Gasteiger partial charge is 0.253 e. The number of aliphatic hydroxyl groups excluding tert-OH is 1. The zero-order chi connectivity index (χ0) is 14.8. The van der Waals surface area contributed by atoms with Crippen molar-refractivity contribution >= 4 is 17.2 Å². The van der Waals surface area contributed by atoms with Crippen LogP contribution in [0.2, 0.25) is 0 Å². The number of aliphatic hydroxyl groups is 1. The van der Waals surface area contributed by atoms with E-state index in [2.05, 4.69) is 10.3 Å². The van der Waals surface area contributed by atoms with Gasteiger partial charge in [0.05, 0.1) is 29.1 Å². The number of aryl methyl sites for hydroxylation is 1.